The van der Waals surface area contributed by atoms with Gasteiger partial charge in [-0.1, -0.05) is 45.0 Å². The molecule has 0 heterocycles. The van der Waals surface area contributed by atoms with Crippen molar-refractivity contribution in [1.29, 1.82) is 0 Å². The molecular weight excluding hydrogens is 285 g/mol. The van der Waals surface area contributed by atoms with Gasteiger partial charge in [0.05, 0.1) is 11.9 Å². The third-order valence-corrected chi connectivity index (χ3v) is 4.70. The van der Waals surface area contributed by atoms with Gasteiger partial charge < -0.3 is 0 Å². The van der Waals surface area contributed by atoms with Gasteiger partial charge in [-0.3, -0.25) is 4.90 Å². The van der Waals surface area contributed by atoms with Gasteiger partial charge in [-0.15, -0.1) is 0 Å². The smallest absolute Gasteiger partial charge is 0.0997 e. The first kappa shape index (κ1) is 19.6. The summed E-state index contributed by atoms with van der Waals surface area (Å²) in [6.45, 7) is 16.2. The molecule has 23 heavy (non-hydrogen) atoms. The average molecular weight is 317 g/mol. The van der Waals surface area contributed by atoms with Crippen molar-refractivity contribution < 1.29 is 4.39 Å². The maximum absolute atomic E-state index is 13.6. The summed E-state index contributed by atoms with van der Waals surface area (Å²) < 4.78 is 13.6. The molecule has 1 nitrogen and oxygen atoms in total. The Labute approximate surface area is 141 Å². The number of allylic oxidation sites excluding steroid dienone is 3. The summed E-state index contributed by atoms with van der Waals surface area (Å²) >= 11 is 0. The zero-order valence-corrected chi connectivity index (χ0v) is 15.8. The minimum absolute atomic E-state index is 0.101. The van der Waals surface area contributed by atoms with Crippen LogP contribution in [0.1, 0.15) is 63.8 Å². The standard InChI is InChI=1S/C21H32FN/c1-8-19(14-17(6)18(7)22)21(23(9-2)10-3)20-15(4)12-11-13-16(20)5/h11-14,21H,8-10H2,1-7H3/b18-17+,19-14+. The minimum atomic E-state index is -0.101. The van der Waals surface area contributed by atoms with Crippen LogP contribution >= 0.6 is 0 Å². The second-order valence-electron chi connectivity index (χ2n) is 6.22. The molecule has 1 unspecified atom stereocenters. The third kappa shape index (κ3) is 4.78. The lowest BCUT2D eigenvalue weighted by Gasteiger charge is -2.34. The Kier molecular flexibility index (Phi) is 7.70. The number of likely N-dealkylation sites (N-methyl/N-ethyl adjacent to an activating group) is 1. The molecule has 0 spiro atoms. The third-order valence-electron chi connectivity index (χ3n) is 4.70. The molecule has 128 valence electrons. The summed E-state index contributed by atoms with van der Waals surface area (Å²) in [4.78, 5) is 2.46. The molecule has 1 aromatic rings. The summed E-state index contributed by atoms with van der Waals surface area (Å²) in [5.74, 6) is -0.101. The van der Waals surface area contributed by atoms with Gasteiger partial charge in [-0.25, -0.2) is 4.39 Å². The van der Waals surface area contributed by atoms with Gasteiger partial charge in [0.15, 0.2) is 0 Å². The number of aryl methyl sites for hydroxylation is 2. The first-order valence-corrected chi connectivity index (χ1v) is 8.70. The fourth-order valence-electron chi connectivity index (χ4n) is 3.20. The molecule has 0 fully saturated rings. The van der Waals surface area contributed by atoms with E-state index >= 15 is 0 Å². The summed E-state index contributed by atoms with van der Waals surface area (Å²) in [5.41, 5.74) is 5.99. The quantitative estimate of drug-likeness (QED) is 0.534. The van der Waals surface area contributed by atoms with Crippen molar-refractivity contribution in [2.24, 2.45) is 0 Å². The molecular formula is C21H32FN. The number of hydrogen-bond acceptors (Lipinski definition) is 1. The van der Waals surface area contributed by atoms with Crippen molar-refractivity contribution >= 4 is 0 Å². The van der Waals surface area contributed by atoms with E-state index in [0.29, 0.717) is 0 Å². The number of benzene rings is 1. The van der Waals surface area contributed by atoms with Gasteiger partial charge in [0.25, 0.3) is 0 Å². The van der Waals surface area contributed by atoms with Crippen molar-refractivity contribution in [2.45, 2.75) is 60.9 Å². The molecule has 0 aliphatic heterocycles. The number of hydrogen-bond donors (Lipinski definition) is 0. The van der Waals surface area contributed by atoms with E-state index in [1.54, 1.807) is 0 Å². The van der Waals surface area contributed by atoms with Crippen LogP contribution in [-0.4, -0.2) is 18.0 Å². The van der Waals surface area contributed by atoms with E-state index in [4.69, 9.17) is 0 Å². The largest absolute Gasteiger partial charge is 0.293 e. The van der Waals surface area contributed by atoms with E-state index < -0.39 is 0 Å². The van der Waals surface area contributed by atoms with E-state index in [-0.39, 0.29) is 11.9 Å². The molecule has 0 amide bonds. The van der Waals surface area contributed by atoms with Gasteiger partial charge in [0.1, 0.15) is 0 Å². The van der Waals surface area contributed by atoms with Gasteiger partial charge in [0, 0.05) is 0 Å². The van der Waals surface area contributed by atoms with Crippen LogP contribution in [0.5, 0.6) is 0 Å². The normalized spacial score (nSPS) is 14.9. The predicted octanol–water partition coefficient (Wildman–Crippen LogP) is 6.29. The van der Waals surface area contributed by atoms with Crippen LogP contribution in [0.2, 0.25) is 0 Å². The Morgan fingerprint density at radius 1 is 1.09 bits per heavy atom. The van der Waals surface area contributed by atoms with Gasteiger partial charge in [-0.2, -0.15) is 0 Å². The Morgan fingerprint density at radius 3 is 2.00 bits per heavy atom. The zero-order chi connectivity index (χ0) is 17.6. The van der Waals surface area contributed by atoms with Crippen molar-refractivity contribution in [3.05, 3.63) is 57.9 Å². The Bertz CT molecular complexity index is 555. The monoisotopic (exact) mass is 317 g/mol. The van der Waals surface area contributed by atoms with E-state index in [0.717, 1.165) is 25.1 Å². The number of rotatable bonds is 7. The average Bonchev–Trinajstić information content (AvgIpc) is 2.51. The highest BCUT2D eigenvalue weighted by atomic mass is 19.1. The van der Waals surface area contributed by atoms with Crippen molar-refractivity contribution in [2.75, 3.05) is 13.1 Å². The molecule has 0 N–H and O–H groups in total. The number of halogens is 1. The topological polar surface area (TPSA) is 3.24 Å². The molecule has 0 aromatic heterocycles. The molecule has 0 radical (unpaired) electrons. The molecule has 0 bridgehead atoms. The highest BCUT2D eigenvalue weighted by Gasteiger charge is 2.24. The van der Waals surface area contributed by atoms with E-state index in [1.165, 1.54) is 29.2 Å². The number of nitrogens with zero attached hydrogens (tertiary/aromatic N) is 1. The maximum atomic E-state index is 13.6. The van der Waals surface area contributed by atoms with Crippen LogP contribution in [0.25, 0.3) is 0 Å². The summed E-state index contributed by atoms with van der Waals surface area (Å²) in [6.07, 6.45) is 2.96. The second kappa shape index (κ2) is 9.02. The molecule has 2 heteroatoms. The lowest BCUT2D eigenvalue weighted by molar-refractivity contribution is 0.242. The van der Waals surface area contributed by atoms with Crippen LogP contribution in [0.4, 0.5) is 4.39 Å². The van der Waals surface area contributed by atoms with E-state index in [2.05, 4.69) is 57.7 Å². The first-order valence-electron chi connectivity index (χ1n) is 8.70. The molecule has 0 aliphatic rings. The predicted molar refractivity (Wildman–Crippen MR) is 99.4 cm³/mol. The molecule has 0 aliphatic carbocycles. The highest BCUT2D eigenvalue weighted by Crippen LogP contribution is 2.35. The molecule has 0 saturated carbocycles. The highest BCUT2D eigenvalue weighted by molar-refractivity contribution is 5.42. The first-order chi connectivity index (χ1) is 10.9. The van der Waals surface area contributed by atoms with Crippen molar-refractivity contribution in [1.82, 2.24) is 4.90 Å². The second-order valence-corrected chi connectivity index (χ2v) is 6.22. The van der Waals surface area contributed by atoms with E-state index in [1.807, 2.05) is 13.0 Å². The van der Waals surface area contributed by atoms with Gasteiger partial charge in [-0.05, 0) is 75.0 Å². The van der Waals surface area contributed by atoms with Crippen LogP contribution in [0, 0.1) is 13.8 Å². The molecule has 0 saturated heterocycles. The summed E-state index contributed by atoms with van der Waals surface area (Å²) in [5, 5.41) is 0. The Balaban J connectivity index is 3.56. The Morgan fingerprint density at radius 2 is 1.61 bits per heavy atom. The SMILES string of the molecule is CC/C(=C\C(C)=C(/C)F)C(c1c(C)cccc1C)N(CC)CC. The summed E-state index contributed by atoms with van der Waals surface area (Å²) in [6, 6.07) is 6.68. The lowest BCUT2D eigenvalue weighted by atomic mass is 9.87. The lowest BCUT2D eigenvalue weighted by Crippen LogP contribution is -2.31. The van der Waals surface area contributed by atoms with Crippen molar-refractivity contribution in [3.63, 3.8) is 0 Å². The minimum Gasteiger partial charge on any atom is -0.293 e. The maximum Gasteiger partial charge on any atom is 0.0997 e. The van der Waals surface area contributed by atoms with Crippen LogP contribution in [-0.2, 0) is 0 Å². The van der Waals surface area contributed by atoms with Crippen molar-refractivity contribution in [3.8, 4) is 0 Å². The van der Waals surface area contributed by atoms with Crippen LogP contribution in [0.15, 0.2) is 41.2 Å². The fraction of sp³-hybridized carbons (Fsp3) is 0.524. The summed E-state index contributed by atoms with van der Waals surface area (Å²) in [7, 11) is 0. The molecule has 1 atom stereocenters. The fourth-order valence-corrected chi connectivity index (χ4v) is 3.20. The molecule has 1 rings (SSSR count). The van der Waals surface area contributed by atoms with Gasteiger partial charge in [0.2, 0.25) is 0 Å². The zero-order valence-electron chi connectivity index (χ0n) is 15.8. The Hall–Kier alpha value is -1.41. The van der Waals surface area contributed by atoms with Gasteiger partial charge >= 0.3 is 0 Å². The van der Waals surface area contributed by atoms with E-state index in [9.17, 15) is 4.39 Å². The van der Waals surface area contributed by atoms with Crippen LogP contribution in [0.3, 0.4) is 0 Å². The molecule has 1 aromatic carbocycles. The van der Waals surface area contributed by atoms with Crippen LogP contribution < -0.4 is 0 Å².